The summed E-state index contributed by atoms with van der Waals surface area (Å²) >= 11 is 7.41. The number of nitrogens with one attached hydrogen (secondary N) is 2. The van der Waals surface area contributed by atoms with Gasteiger partial charge in [-0.15, -0.1) is 11.3 Å². The zero-order valence-corrected chi connectivity index (χ0v) is 17.4. The van der Waals surface area contributed by atoms with Crippen LogP contribution in [0.15, 0.2) is 45.6 Å². The molecule has 142 valence electrons. The van der Waals surface area contributed by atoms with Gasteiger partial charge in [0.05, 0.1) is 13.1 Å². The minimum absolute atomic E-state index is 0.331. The van der Waals surface area contributed by atoms with Gasteiger partial charge in [0.15, 0.2) is 5.96 Å². The third-order valence-electron chi connectivity index (χ3n) is 3.51. The fourth-order valence-electron chi connectivity index (χ4n) is 2.08. The van der Waals surface area contributed by atoms with E-state index in [1.807, 2.05) is 37.3 Å². The van der Waals surface area contributed by atoms with Gasteiger partial charge in [0.25, 0.3) is 10.0 Å². The first-order chi connectivity index (χ1) is 12.3. The molecule has 0 bridgehead atoms. The molecule has 0 saturated heterocycles. The first-order valence-electron chi connectivity index (χ1n) is 8.11. The van der Waals surface area contributed by atoms with Crippen molar-refractivity contribution in [2.45, 2.75) is 24.2 Å². The minimum atomic E-state index is -3.39. The van der Waals surface area contributed by atoms with Crippen molar-refractivity contribution in [2.75, 3.05) is 20.6 Å². The number of nitrogens with zero attached hydrogens (tertiary/aromatic N) is 2. The van der Waals surface area contributed by atoms with Crippen molar-refractivity contribution in [1.82, 2.24) is 14.9 Å². The highest BCUT2D eigenvalue weighted by Crippen LogP contribution is 2.23. The standard InChI is InChI=1S/C17H23ClN4O2S2/c1-4-19-17(20-11-13-7-5-6-8-15(13)18)21-12-14-9-10-16(25-14)26(23,24)22(2)3/h5-10H,4,11-12H2,1-3H3,(H2,19,20,21). The van der Waals surface area contributed by atoms with Gasteiger partial charge in [-0.25, -0.2) is 17.7 Å². The van der Waals surface area contributed by atoms with Crippen molar-refractivity contribution >= 4 is 38.9 Å². The molecule has 9 heteroatoms. The minimum Gasteiger partial charge on any atom is -0.357 e. The molecule has 1 heterocycles. The van der Waals surface area contributed by atoms with Crippen LogP contribution in [0.3, 0.4) is 0 Å². The Balaban J connectivity index is 2.04. The topological polar surface area (TPSA) is 73.8 Å². The van der Waals surface area contributed by atoms with E-state index in [0.29, 0.717) is 28.3 Å². The zero-order valence-electron chi connectivity index (χ0n) is 15.0. The Morgan fingerprint density at radius 1 is 1.19 bits per heavy atom. The van der Waals surface area contributed by atoms with Crippen LogP contribution < -0.4 is 10.6 Å². The first-order valence-corrected chi connectivity index (χ1v) is 10.7. The van der Waals surface area contributed by atoms with E-state index in [9.17, 15) is 8.42 Å². The van der Waals surface area contributed by atoms with Crippen LogP contribution in [0.2, 0.25) is 5.02 Å². The van der Waals surface area contributed by atoms with Gasteiger partial charge in [0.2, 0.25) is 0 Å². The predicted octanol–water partition coefficient (Wildman–Crippen LogP) is 2.91. The maximum absolute atomic E-state index is 12.1. The maximum Gasteiger partial charge on any atom is 0.252 e. The molecule has 2 rings (SSSR count). The Bertz CT molecular complexity index is 863. The molecule has 26 heavy (non-hydrogen) atoms. The lowest BCUT2D eigenvalue weighted by molar-refractivity contribution is 0.523. The van der Waals surface area contributed by atoms with Gasteiger partial charge in [0.1, 0.15) is 4.21 Å². The number of guanidine groups is 1. The van der Waals surface area contributed by atoms with Crippen LogP contribution in [0.5, 0.6) is 0 Å². The first kappa shape index (κ1) is 20.7. The third-order valence-corrected chi connectivity index (χ3v) is 7.25. The number of aliphatic imine (C=N–C) groups is 1. The number of sulfonamides is 1. The van der Waals surface area contributed by atoms with Crippen molar-refractivity contribution in [3.05, 3.63) is 51.9 Å². The lowest BCUT2D eigenvalue weighted by Crippen LogP contribution is -2.36. The van der Waals surface area contributed by atoms with Gasteiger partial charge in [-0.3, -0.25) is 0 Å². The van der Waals surface area contributed by atoms with Crippen molar-refractivity contribution < 1.29 is 8.42 Å². The predicted molar refractivity (Wildman–Crippen MR) is 108 cm³/mol. The fraction of sp³-hybridized carbons (Fsp3) is 0.353. The molecule has 0 saturated carbocycles. The molecule has 0 radical (unpaired) electrons. The van der Waals surface area contributed by atoms with Crippen molar-refractivity contribution in [3.63, 3.8) is 0 Å². The largest absolute Gasteiger partial charge is 0.357 e. The van der Waals surface area contributed by atoms with Crippen molar-refractivity contribution in [2.24, 2.45) is 4.99 Å². The highest BCUT2D eigenvalue weighted by atomic mass is 35.5. The molecule has 0 aliphatic heterocycles. The average Bonchev–Trinajstić information content (AvgIpc) is 3.08. The van der Waals surface area contributed by atoms with Crippen LogP contribution in [0, 0.1) is 0 Å². The quantitative estimate of drug-likeness (QED) is 0.539. The molecule has 0 fully saturated rings. The second-order valence-electron chi connectivity index (χ2n) is 5.65. The summed E-state index contributed by atoms with van der Waals surface area (Å²) in [5.74, 6) is 0.651. The highest BCUT2D eigenvalue weighted by Gasteiger charge is 2.19. The summed E-state index contributed by atoms with van der Waals surface area (Å²) in [4.78, 5) is 5.44. The summed E-state index contributed by atoms with van der Waals surface area (Å²) in [6.45, 7) is 3.65. The Morgan fingerprint density at radius 2 is 1.92 bits per heavy atom. The molecule has 6 nitrogen and oxygen atoms in total. The third kappa shape index (κ3) is 5.44. The Hall–Kier alpha value is -1.61. The summed E-state index contributed by atoms with van der Waals surface area (Å²) in [6, 6.07) is 11.0. The van der Waals surface area contributed by atoms with Gasteiger partial charge in [0, 0.05) is 30.5 Å². The van der Waals surface area contributed by atoms with Crippen molar-refractivity contribution in [1.29, 1.82) is 0 Å². The summed E-state index contributed by atoms with van der Waals surface area (Å²) in [5.41, 5.74) is 0.946. The second kappa shape index (κ2) is 9.36. The molecule has 2 aromatic rings. The van der Waals surface area contributed by atoms with Crippen molar-refractivity contribution in [3.8, 4) is 0 Å². The monoisotopic (exact) mass is 414 g/mol. The summed E-state index contributed by atoms with van der Waals surface area (Å²) in [6.07, 6.45) is 0. The number of rotatable bonds is 7. The molecule has 0 spiro atoms. The van der Waals surface area contributed by atoms with E-state index in [4.69, 9.17) is 11.6 Å². The summed E-state index contributed by atoms with van der Waals surface area (Å²) < 4.78 is 25.8. The zero-order chi connectivity index (χ0) is 19.2. The van der Waals surface area contributed by atoms with E-state index in [1.165, 1.54) is 29.7 Å². The van der Waals surface area contributed by atoms with Gasteiger partial charge >= 0.3 is 0 Å². The van der Waals surface area contributed by atoms with Crippen LogP contribution in [0.4, 0.5) is 0 Å². The molecular formula is C17H23ClN4O2S2. The molecule has 0 atom stereocenters. The Kier molecular flexibility index (Phi) is 7.45. The molecule has 0 aliphatic carbocycles. The molecular weight excluding hydrogens is 392 g/mol. The van der Waals surface area contributed by atoms with Crippen LogP contribution in [-0.2, 0) is 23.1 Å². The Morgan fingerprint density at radius 3 is 2.58 bits per heavy atom. The fourth-order valence-corrected chi connectivity index (χ4v) is 4.74. The average molecular weight is 415 g/mol. The van der Waals surface area contributed by atoms with Crippen LogP contribution in [-0.4, -0.2) is 39.3 Å². The summed E-state index contributed by atoms with van der Waals surface area (Å²) in [7, 11) is -0.341. The number of benzene rings is 1. The van der Waals surface area contributed by atoms with Gasteiger partial charge < -0.3 is 10.6 Å². The van der Waals surface area contributed by atoms with Crippen LogP contribution in [0.1, 0.15) is 17.4 Å². The number of thiophene rings is 1. The van der Waals surface area contributed by atoms with E-state index >= 15 is 0 Å². The molecule has 1 aromatic carbocycles. The smallest absolute Gasteiger partial charge is 0.252 e. The Labute approximate surface area is 164 Å². The molecule has 0 aliphatic rings. The molecule has 2 N–H and O–H groups in total. The highest BCUT2D eigenvalue weighted by molar-refractivity contribution is 7.91. The van der Waals surface area contributed by atoms with Gasteiger partial charge in [-0.1, -0.05) is 29.8 Å². The van der Waals surface area contributed by atoms with Gasteiger partial charge in [-0.2, -0.15) is 0 Å². The number of hydrogen-bond donors (Lipinski definition) is 2. The maximum atomic E-state index is 12.1. The number of hydrogen-bond acceptors (Lipinski definition) is 4. The molecule has 0 amide bonds. The van der Waals surface area contributed by atoms with E-state index in [-0.39, 0.29) is 0 Å². The van der Waals surface area contributed by atoms with Gasteiger partial charge in [-0.05, 0) is 30.7 Å². The number of halogens is 1. The van der Waals surface area contributed by atoms with E-state index in [1.54, 1.807) is 6.07 Å². The lowest BCUT2D eigenvalue weighted by atomic mass is 10.2. The second-order valence-corrected chi connectivity index (χ2v) is 9.60. The normalized spacial score (nSPS) is 12.4. The molecule has 1 aromatic heterocycles. The van der Waals surface area contributed by atoms with E-state index < -0.39 is 10.0 Å². The van der Waals surface area contributed by atoms with E-state index in [2.05, 4.69) is 15.6 Å². The lowest BCUT2D eigenvalue weighted by Gasteiger charge is -2.11. The van der Waals surface area contributed by atoms with E-state index in [0.717, 1.165) is 17.0 Å². The van der Waals surface area contributed by atoms with Crippen LogP contribution >= 0.6 is 22.9 Å². The summed E-state index contributed by atoms with van der Waals surface area (Å²) in [5, 5.41) is 7.07. The van der Waals surface area contributed by atoms with Crippen LogP contribution in [0.25, 0.3) is 0 Å². The SMILES string of the molecule is CCNC(=NCc1ccccc1Cl)NCc1ccc(S(=O)(=O)N(C)C)s1. The molecule has 0 unspecified atom stereocenters.